The summed E-state index contributed by atoms with van der Waals surface area (Å²) in [5.41, 5.74) is 3.01. The number of hydrogen-bond donors (Lipinski definition) is 0. The Balaban J connectivity index is 2.10. The van der Waals surface area contributed by atoms with E-state index in [2.05, 4.69) is 63.7 Å². The summed E-state index contributed by atoms with van der Waals surface area (Å²) in [6.07, 6.45) is 1.05. The highest BCUT2D eigenvalue weighted by atomic mass is 28.4. The van der Waals surface area contributed by atoms with Crippen LogP contribution in [0.5, 0.6) is 0 Å². The molecular weight excluding hydrogens is 260 g/mol. The standard InChI is InChI=1S/C18H24OSi/c1-18(2,3)20(4)13-17-12-15-8-6-5-7-14(15)11-16(17)9-10-19-20/h5-8,11-12H,9-10,13H2,1-4H3. The quantitative estimate of drug-likeness (QED) is 0.627. The minimum Gasteiger partial charge on any atom is -0.416 e. The second kappa shape index (κ2) is 4.71. The Hall–Kier alpha value is -1.12. The summed E-state index contributed by atoms with van der Waals surface area (Å²) >= 11 is 0. The third kappa shape index (κ3) is 2.31. The van der Waals surface area contributed by atoms with Crippen molar-refractivity contribution in [3.8, 4) is 0 Å². The normalized spacial score (nSPS) is 23.4. The maximum atomic E-state index is 6.40. The molecule has 1 heterocycles. The Kier molecular flexibility index (Phi) is 3.26. The maximum Gasteiger partial charge on any atom is 0.199 e. The summed E-state index contributed by atoms with van der Waals surface area (Å²) in [7, 11) is -1.73. The fraction of sp³-hybridized carbons (Fsp3) is 0.444. The highest BCUT2D eigenvalue weighted by molar-refractivity contribution is 6.75. The molecule has 1 atom stereocenters. The van der Waals surface area contributed by atoms with E-state index in [4.69, 9.17) is 4.43 Å². The lowest BCUT2D eigenvalue weighted by atomic mass is 10.00. The van der Waals surface area contributed by atoms with Crippen LogP contribution in [0.25, 0.3) is 10.8 Å². The summed E-state index contributed by atoms with van der Waals surface area (Å²) in [5, 5.41) is 2.99. The van der Waals surface area contributed by atoms with E-state index < -0.39 is 8.32 Å². The molecule has 1 unspecified atom stereocenters. The zero-order valence-corrected chi connectivity index (χ0v) is 14.0. The Labute approximate surface area is 123 Å². The fourth-order valence-electron chi connectivity index (χ4n) is 3.01. The van der Waals surface area contributed by atoms with Gasteiger partial charge in [-0.05, 0) is 45.9 Å². The van der Waals surface area contributed by atoms with Crippen molar-refractivity contribution < 1.29 is 4.43 Å². The summed E-state index contributed by atoms with van der Waals surface area (Å²) in [6.45, 7) is 10.3. The minimum absolute atomic E-state index is 0.278. The summed E-state index contributed by atoms with van der Waals surface area (Å²) in [5.74, 6) is 0. The second-order valence-corrected chi connectivity index (χ2v) is 11.8. The molecule has 0 aromatic heterocycles. The van der Waals surface area contributed by atoms with E-state index in [9.17, 15) is 0 Å². The predicted octanol–water partition coefficient (Wildman–Crippen LogP) is 4.87. The topological polar surface area (TPSA) is 9.23 Å². The molecule has 0 saturated heterocycles. The van der Waals surface area contributed by atoms with Crippen molar-refractivity contribution in [1.82, 2.24) is 0 Å². The van der Waals surface area contributed by atoms with Gasteiger partial charge in [-0.3, -0.25) is 0 Å². The van der Waals surface area contributed by atoms with Gasteiger partial charge in [0.1, 0.15) is 0 Å². The maximum absolute atomic E-state index is 6.40. The first kappa shape index (κ1) is 13.8. The monoisotopic (exact) mass is 284 g/mol. The average molecular weight is 284 g/mol. The van der Waals surface area contributed by atoms with E-state index >= 15 is 0 Å². The van der Waals surface area contributed by atoms with Crippen LogP contribution < -0.4 is 0 Å². The Morgan fingerprint density at radius 3 is 2.20 bits per heavy atom. The molecule has 0 amide bonds. The molecule has 0 N–H and O–H groups in total. The van der Waals surface area contributed by atoms with Crippen LogP contribution in [0.4, 0.5) is 0 Å². The molecule has 0 spiro atoms. The molecule has 1 aliphatic rings. The smallest absolute Gasteiger partial charge is 0.199 e. The van der Waals surface area contributed by atoms with Gasteiger partial charge >= 0.3 is 0 Å². The Morgan fingerprint density at radius 1 is 1.00 bits per heavy atom. The molecule has 3 rings (SSSR count). The van der Waals surface area contributed by atoms with E-state index in [1.165, 1.54) is 21.9 Å². The minimum atomic E-state index is -1.73. The zero-order chi connectivity index (χ0) is 14.4. The molecule has 0 aliphatic carbocycles. The van der Waals surface area contributed by atoms with Crippen LogP contribution in [0, 0.1) is 0 Å². The van der Waals surface area contributed by atoms with Gasteiger partial charge in [-0.2, -0.15) is 0 Å². The molecule has 20 heavy (non-hydrogen) atoms. The van der Waals surface area contributed by atoms with Gasteiger partial charge in [0.25, 0.3) is 0 Å². The third-order valence-electron chi connectivity index (χ3n) is 4.97. The van der Waals surface area contributed by atoms with Gasteiger partial charge in [0.05, 0.1) is 0 Å². The average Bonchev–Trinajstić information content (AvgIpc) is 2.54. The molecule has 1 nitrogen and oxygen atoms in total. The lowest BCUT2D eigenvalue weighted by Gasteiger charge is -2.38. The van der Waals surface area contributed by atoms with Crippen molar-refractivity contribution in [3.05, 3.63) is 47.5 Å². The van der Waals surface area contributed by atoms with Crippen LogP contribution in [-0.4, -0.2) is 14.9 Å². The Morgan fingerprint density at radius 2 is 1.60 bits per heavy atom. The summed E-state index contributed by atoms with van der Waals surface area (Å²) in [6, 6.07) is 14.6. The molecule has 2 heteroatoms. The fourth-order valence-corrected chi connectivity index (χ4v) is 5.69. The second-order valence-electron chi connectivity index (χ2n) is 7.22. The van der Waals surface area contributed by atoms with E-state index in [1.807, 2.05) is 0 Å². The van der Waals surface area contributed by atoms with Crippen molar-refractivity contribution in [2.45, 2.75) is 44.8 Å². The SMILES string of the molecule is CC(C)(C)[Si]1(C)Cc2cc3ccccc3cc2CCO1. The van der Waals surface area contributed by atoms with Crippen LogP contribution in [-0.2, 0) is 16.9 Å². The highest BCUT2D eigenvalue weighted by Gasteiger charge is 2.43. The molecule has 0 saturated carbocycles. The summed E-state index contributed by atoms with van der Waals surface area (Å²) < 4.78 is 6.40. The molecule has 0 fully saturated rings. The number of rotatable bonds is 0. The largest absolute Gasteiger partial charge is 0.416 e. The zero-order valence-electron chi connectivity index (χ0n) is 13.0. The highest BCUT2D eigenvalue weighted by Crippen LogP contribution is 2.41. The van der Waals surface area contributed by atoms with Gasteiger partial charge in [0.15, 0.2) is 8.32 Å². The predicted molar refractivity (Wildman–Crippen MR) is 88.6 cm³/mol. The van der Waals surface area contributed by atoms with E-state index in [-0.39, 0.29) is 5.04 Å². The lowest BCUT2D eigenvalue weighted by molar-refractivity contribution is 0.291. The van der Waals surface area contributed by atoms with Crippen LogP contribution in [0.3, 0.4) is 0 Å². The molecular formula is C18H24OSi. The van der Waals surface area contributed by atoms with Crippen molar-refractivity contribution in [2.75, 3.05) is 6.61 Å². The molecule has 0 radical (unpaired) electrons. The van der Waals surface area contributed by atoms with Gasteiger partial charge < -0.3 is 4.43 Å². The van der Waals surface area contributed by atoms with E-state index in [0.717, 1.165) is 19.1 Å². The summed E-state index contributed by atoms with van der Waals surface area (Å²) in [4.78, 5) is 0. The molecule has 106 valence electrons. The first-order valence-electron chi connectivity index (χ1n) is 7.54. The molecule has 0 bridgehead atoms. The first-order chi connectivity index (χ1) is 9.39. The van der Waals surface area contributed by atoms with Crippen LogP contribution in [0.15, 0.2) is 36.4 Å². The third-order valence-corrected chi connectivity index (χ3v) is 10.0. The van der Waals surface area contributed by atoms with Crippen molar-refractivity contribution in [3.63, 3.8) is 0 Å². The van der Waals surface area contributed by atoms with Crippen molar-refractivity contribution in [2.24, 2.45) is 0 Å². The van der Waals surface area contributed by atoms with Crippen molar-refractivity contribution >= 4 is 19.1 Å². The van der Waals surface area contributed by atoms with Gasteiger partial charge in [-0.15, -0.1) is 0 Å². The van der Waals surface area contributed by atoms with Gasteiger partial charge in [0.2, 0.25) is 0 Å². The van der Waals surface area contributed by atoms with Gasteiger partial charge in [-0.25, -0.2) is 0 Å². The van der Waals surface area contributed by atoms with Crippen LogP contribution in [0.1, 0.15) is 31.9 Å². The molecule has 1 aliphatic heterocycles. The molecule has 2 aromatic rings. The number of hydrogen-bond acceptors (Lipinski definition) is 1. The number of fused-ring (bicyclic) bond motifs is 2. The van der Waals surface area contributed by atoms with Gasteiger partial charge in [-0.1, -0.05) is 57.2 Å². The molecule has 2 aromatic carbocycles. The van der Waals surface area contributed by atoms with E-state index in [0.29, 0.717) is 0 Å². The first-order valence-corrected chi connectivity index (χ1v) is 10.2. The van der Waals surface area contributed by atoms with E-state index in [1.54, 1.807) is 0 Å². The van der Waals surface area contributed by atoms with Crippen molar-refractivity contribution in [1.29, 1.82) is 0 Å². The number of benzene rings is 2. The van der Waals surface area contributed by atoms with Crippen LogP contribution >= 0.6 is 0 Å². The van der Waals surface area contributed by atoms with Gasteiger partial charge in [0, 0.05) is 6.61 Å². The van der Waals surface area contributed by atoms with Crippen LogP contribution in [0.2, 0.25) is 11.6 Å². The Bertz CT molecular complexity index is 641. The lowest BCUT2D eigenvalue weighted by Crippen LogP contribution is -2.46.